The third-order valence-corrected chi connectivity index (χ3v) is 10.5. The van der Waals surface area contributed by atoms with Gasteiger partial charge in [0.15, 0.2) is 12.4 Å². The van der Waals surface area contributed by atoms with Gasteiger partial charge in [-0.2, -0.15) is 0 Å². The summed E-state index contributed by atoms with van der Waals surface area (Å²) in [7, 11) is 0. The lowest BCUT2D eigenvalue weighted by atomic mass is 9.99. The monoisotopic (exact) mass is 759 g/mol. The summed E-state index contributed by atoms with van der Waals surface area (Å²) in [6, 6.07) is 0. The summed E-state index contributed by atoms with van der Waals surface area (Å²) < 4.78 is 22.1. The lowest BCUT2D eigenvalue weighted by Crippen LogP contribution is -2.59. The highest BCUT2D eigenvalue weighted by Crippen LogP contribution is 2.23. The molecular weight excluding hydrogens is 676 g/mol. The zero-order chi connectivity index (χ0) is 38.8. The maximum atomic E-state index is 12.7. The van der Waals surface area contributed by atoms with Gasteiger partial charge in [0, 0.05) is 12.8 Å². The smallest absolute Gasteiger partial charge is 0.306 e. The Morgan fingerprint density at radius 2 is 0.887 bits per heavy atom. The van der Waals surface area contributed by atoms with Crippen LogP contribution in [0.25, 0.3) is 0 Å². The second-order valence-corrected chi connectivity index (χ2v) is 15.5. The van der Waals surface area contributed by atoms with Gasteiger partial charge in [0.05, 0.1) is 13.2 Å². The third-order valence-electron chi connectivity index (χ3n) is 10.5. The van der Waals surface area contributed by atoms with Crippen LogP contribution < -0.4 is 0 Å². The summed E-state index contributed by atoms with van der Waals surface area (Å²) in [5.74, 6) is -0.801. The third kappa shape index (κ3) is 27.0. The quantitative estimate of drug-likeness (QED) is 0.0357. The van der Waals surface area contributed by atoms with Crippen LogP contribution >= 0.6 is 0 Å². The van der Waals surface area contributed by atoms with Crippen molar-refractivity contribution in [2.45, 2.75) is 243 Å². The summed E-state index contributed by atoms with van der Waals surface area (Å²) in [5, 5.41) is 39.9. The van der Waals surface area contributed by atoms with Gasteiger partial charge in [0.1, 0.15) is 31.0 Å². The highest BCUT2D eigenvalue weighted by Gasteiger charge is 2.44. The lowest BCUT2D eigenvalue weighted by Gasteiger charge is -2.39. The van der Waals surface area contributed by atoms with E-state index >= 15 is 0 Å². The van der Waals surface area contributed by atoms with Crippen LogP contribution in [0.3, 0.4) is 0 Å². The molecule has 1 aliphatic heterocycles. The summed E-state index contributed by atoms with van der Waals surface area (Å²) in [5.41, 5.74) is 0. The molecule has 53 heavy (non-hydrogen) atoms. The predicted molar refractivity (Wildman–Crippen MR) is 210 cm³/mol. The van der Waals surface area contributed by atoms with Gasteiger partial charge < -0.3 is 39.4 Å². The minimum atomic E-state index is -1.59. The van der Waals surface area contributed by atoms with Gasteiger partial charge in [-0.1, -0.05) is 181 Å². The van der Waals surface area contributed by atoms with Crippen LogP contribution in [0.2, 0.25) is 0 Å². The van der Waals surface area contributed by atoms with Crippen molar-refractivity contribution in [2.75, 3.05) is 19.8 Å². The van der Waals surface area contributed by atoms with Gasteiger partial charge in [-0.25, -0.2) is 0 Å². The average molecular weight is 759 g/mol. The van der Waals surface area contributed by atoms with Gasteiger partial charge in [-0.3, -0.25) is 9.59 Å². The van der Waals surface area contributed by atoms with Gasteiger partial charge in [-0.05, 0) is 12.8 Å². The molecule has 314 valence electrons. The number of hydrogen-bond acceptors (Lipinski definition) is 10. The number of hydrogen-bond donors (Lipinski definition) is 4. The van der Waals surface area contributed by atoms with Crippen LogP contribution in [0.5, 0.6) is 0 Å². The Balaban J connectivity index is 2.22. The standard InChI is InChI=1S/C43H82O10/c1-3-5-7-9-11-12-13-14-15-16-17-18-19-20-21-22-23-24-26-28-30-32-39(46)52-36(34-50-38(45)31-29-27-25-10-8-6-4-2)35-51-43-42(49)41(48)40(47)37(33-44)53-43/h36-37,40-44,47-49H,3-35H2,1-2H3/t36-,37+,40-,41?,42?,43+/m1/s1. The lowest BCUT2D eigenvalue weighted by molar-refractivity contribution is -0.305. The van der Waals surface area contributed by atoms with Crippen LogP contribution in [0, 0.1) is 0 Å². The van der Waals surface area contributed by atoms with Gasteiger partial charge in [0.25, 0.3) is 0 Å². The minimum Gasteiger partial charge on any atom is -0.462 e. The van der Waals surface area contributed by atoms with Crippen molar-refractivity contribution in [1.82, 2.24) is 0 Å². The molecule has 1 aliphatic rings. The SMILES string of the molecule is CCCCCCCCCCCCCCCCCCCCCCCC(=O)O[C@H](COC(=O)CCCCCCCCC)CO[C@H]1O[C@@H](CO)[C@@H](O)C(O)C1O. The van der Waals surface area contributed by atoms with Gasteiger partial charge in [-0.15, -0.1) is 0 Å². The fourth-order valence-electron chi connectivity index (χ4n) is 6.95. The number of ether oxygens (including phenoxy) is 4. The summed E-state index contributed by atoms with van der Waals surface area (Å²) in [4.78, 5) is 25.1. The molecule has 6 atom stereocenters. The highest BCUT2D eigenvalue weighted by molar-refractivity contribution is 5.70. The molecule has 4 N–H and O–H groups in total. The van der Waals surface area contributed by atoms with Crippen molar-refractivity contribution in [2.24, 2.45) is 0 Å². The highest BCUT2D eigenvalue weighted by atomic mass is 16.7. The zero-order valence-electron chi connectivity index (χ0n) is 34.0. The Labute approximate surface area is 323 Å². The summed E-state index contributed by atoms with van der Waals surface area (Å²) >= 11 is 0. The molecule has 1 rings (SSSR count). The van der Waals surface area contributed by atoms with E-state index < -0.39 is 49.4 Å². The number of esters is 2. The first kappa shape index (κ1) is 49.7. The second kappa shape index (κ2) is 35.1. The maximum absolute atomic E-state index is 12.7. The van der Waals surface area contributed by atoms with E-state index in [9.17, 15) is 30.0 Å². The Hall–Kier alpha value is -1.30. The molecule has 0 amide bonds. The molecular formula is C43H82O10. The normalized spacial score (nSPS) is 20.8. The number of aliphatic hydroxyl groups excluding tert-OH is 4. The topological polar surface area (TPSA) is 152 Å². The molecule has 0 aromatic heterocycles. The van der Waals surface area contributed by atoms with Crippen LogP contribution in [0.1, 0.15) is 206 Å². The molecule has 0 saturated carbocycles. The van der Waals surface area contributed by atoms with Gasteiger partial charge >= 0.3 is 11.9 Å². The first-order valence-corrected chi connectivity index (χ1v) is 22.1. The predicted octanol–water partition coefficient (Wildman–Crippen LogP) is 9.00. The first-order valence-electron chi connectivity index (χ1n) is 22.1. The van der Waals surface area contributed by atoms with E-state index in [1.807, 2.05) is 0 Å². The fourth-order valence-corrected chi connectivity index (χ4v) is 6.95. The molecule has 10 nitrogen and oxygen atoms in total. The van der Waals surface area contributed by atoms with E-state index in [4.69, 9.17) is 18.9 Å². The molecule has 0 aromatic rings. The number of aliphatic hydroxyl groups is 4. The number of carbonyl (C=O) groups is 2. The summed E-state index contributed by atoms with van der Waals surface area (Å²) in [6.45, 7) is 3.39. The molecule has 0 bridgehead atoms. The van der Waals surface area contributed by atoms with Crippen molar-refractivity contribution in [1.29, 1.82) is 0 Å². The first-order chi connectivity index (χ1) is 25.8. The van der Waals surface area contributed by atoms with Crippen molar-refractivity contribution >= 4 is 11.9 Å². The summed E-state index contributed by atoms with van der Waals surface area (Å²) in [6.07, 6.45) is 27.1. The van der Waals surface area contributed by atoms with Crippen LogP contribution in [-0.4, -0.2) is 89.0 Å². The molecule has 0 spiro atoms. The molecule has 1 fully saturated rings. The van der Waals surface area contributed by atoms with E-state index in [0.29, 0.717) is 6.42 Å². The van der Waals surface area contributed by atoms with E-state index in [0.717, 1.165) is 44.9 Å². The second-order valence-electron chi connectivity index (χ2n) is 15.5. The Bertz CT molecular complexity index is 840. The van der Waals surface area contributed by atoms with Crippen molar-refractivity contribution in [3.63, 3.8) is 0 Å². The van der Waals surface area contributed by atoms with Crippen LogP contribution in [-0.2, 0) is 28.5 Å². The number of unbranched alkanes of at least 4 members (excludes halogenated alkanes) is 26. The fraction of sp³-hybridized carbons (Fsp3) is 0.953. The Morgan fingerprint density at radius 3 is 1.28 bits per heavy atom. The van der Waals surface area contributed by atoms with Gasteiger partial charge in [0.2, 0.25) is 0 Å². The molecule has 10 heteroatoms. The van der Waals surface area contributed by atoms with E-state index in [-0.39, 0.29) is 32.0 Å². The van der Waals surface area contributed by atoms with E-state index in [1.54, 1.807) is 0 Å². The Morgan fingerprint density at radius 1 is 0.509 bits per heavy atom. The minimum absolute atomic E-state index is 0.211. The maximum Gasteiger partial charge on any atom is 0.306 e. The number of rotatable bonds is 37. The van der Waals surface area contributed by atoms with Crippen LogP contribution in [0.15, 0.2) is 0 Å². The molecule has 1 saturated heterocycles. The average Bonchev–Trinajstić information content (AvgIpc) is 3.15. The molecule has 0 radical (unpaired) electrons. The largest absolute Gasteiger partial charge is 0.462 e. The van der Waals surface area contributed by atoms with E-state index in [2.05, 4.69) is 13.8 Å². The molecule has 2 unspecified atom stereocenters. The number of carbonyl (C=O) groups excluding carboxylic acids is 2. The van der Waals surface area contributed by atoms with E-state index in [1.165, 1.54) is 128 Å². The van der Waals surface area contributed by atoms with Crippen molar-refractivity contribution in [3.05, 3.63) is 0 Å². The molecule has 0 aliphatic carbocycles. The molecule has 0 aromatic carbocycles. The zero-order valence-corrected chi connectivity index (χ0v) is 34.0. The Kier molecular flexibility index (Phi) is 33.0. The van der Waals surface area contributed by atoms with Crippen molar-refractivity contribution < 1.29 is 49.0 Å². The molecule has 1 heterocycles. The van der Waals surface area contributed by atoms with Crippen LogP contribution in [0.4, 0.5) is 0 Å². The van der Waals surface area contributed by atoms with Crippen molar-refractivity contribution in [3.8, 4) is 0 Å².